The summed E-state index contributed by atoms with van der Waals surface area (Å²) in [6, 6.07) is 5.70. The Hall–Kier alpha value is -1.79. The van der Waals surface area contributed by atoms with E-state index >= 15 is 0 Å². The Labute approximate surface area is 144 Å². The van der Waals surface area contributed by atoms with Crippen molar-refractivity contribution in [2.75, 3.05) is 53.6 Å². The quantitative estimate of drug-likeness (QED) is 0.782. The molecule has 0 radical (unpaired) electrons. The lowest BCUT2D eigenvalue weighted by molar-refractivity contribution is -0.121. The van der Waals surface area contributed by atoms with Gasteiger partial charge in [0.2, 0.25) is 5.91 Å². The molecule has 0 saturated carbocycles. The van der Waals surface area contributed by atoms with Crippen molar-refractivity contribution in [1.29, 1.82) is 0 Å². The highest BCUT2D eigenvalue weighted by molar-refractivity contribution is 5.77. The van der Waals surface area contributed by atoms with Crippen LogP contribution in [0.3, 0.4) is 0 Å². The maximum Gasteiger partial charge on any atom is 0.220 e. The van der Waals surface area contributed by atoms with Crippen LogP contribution in [0, 0.1) is 0 Å². The lowest BCUT2D eigenvalue weighted by Crippen LogP contribution is -2.41. The topological polar surface area (TPSA) is 60.0 Å². The van der Waals surface area contributed by atoms with E-state index in [1.54, 1.807) is 14.2 Å². The number of nitrogens with zero attached hydrogens (tertiary/aromatic N) is 1. The van der Waals surface area contributed by atoms with E-state index in [1.165, 1.54) is 0 Å². The third-order valence-electron chi connectivity index (χ3n) is 4.32. The van der Waals surface area contributed by atoms with E-state index in [1.807, 2.05) is 25.1 Å². The van der Waals surface area contributed by atoms with E-state index in [4.69, 9.17) is 14.2 Å². The summed E-state index contributed by atoms with van der Waals surface area (Å²) in [4.78, 5) is 14.5. The second-order valence-corrected chi connectivity index (χ2v) is 6.02. The van der Waals surface area contributed by atoms with Crippen LogP contribution in [0.5, 0.6) is 11.5 Å². The predicted octanol–water partition coefficient (Wildman–Crippen LogP) is 1.65. The Bertz CT molecular complexity index is 530. The number of methoxy groups -OCH3 is 2. The van der Waals surface area contributed by atoms with Crippen molar-refractivity contribution in [2.24, 2.45) is 0 Å². The minimum absolute atomic E-state index is 0.0635. The Morgan fingerprint density at radius 1 is 1.29 bits per heavy atom. The van der Waals surface area contributed by atoms with Gasteiger partial charge in [0.25, 0.3) is 0 Å². The van der Waals surface area contributed by atoms with Crippen molar-refractivity contribution in [3.05, 3.63) is 23.8 Å². The molecule has 2 rings (SSSR count). The number of hydrogen-bond donors (Lipinski definition) is 1. The highest BCUT2D eigenvalue weighted by Gasteiger charge is 2.16. The largest absolute Gasteiger partial charge is 0.497 e. The fraction of sp³-hybridized carbons (Fsp3) is 0.611. The predicted molar refractivity (Wildman–Crippen MR) is 92.8 cm³/mol. The van der Waals surface area contributed by atoms with Gasteiger partial charge in [0.1, 0.15) is 11.5 Å². The van der Waals surface area contributed by atoms with E-state index in [9.17, 15) is 4.79 Å². The smallest absolute Gasteiger partial charge is 0.220 e. The third kappa shape index (κ3) is 5.39. The molecule has 1 N–H and O–H groups in total. The van der Waals surface area contributed by atoms with Crippen LogP contribution in [0.2, 0.25) is 0 Å². The minimum atomic E-state index is 0.0635. The number of morpholine rings is 1. The molecule has 6 heteroatoms. The van der Waals surface area contributed by atoms with Gasteiger partial charge in [0, 0.05) is 38.7 Å². The number of amides is 1. The van der Waals surface area contributed by atoms with Gasteiger partial charge in [-0.1, -0.05) is 13.0 Å². The lowest BCUT2D eigenvalue weighted by atomic mass is 9.96. The SMILES string of the molecule is COc1ccc(C(C)CC(=O)NCCN2CCOCC2)c(OC)c1. The van der Waals surface area contributed by atoms with Crippen LogP contribution in [0.1, 0.15) is 24.8 Å². The fourth-order valence-electron chi connectivity index (χ4n) is 2.86. The number of nitrogens with one attached hydrogen (secondary N) is 1. The third-order valence-corrected chi connectivity index (χ3v) is 4.32. The van der Waals surface area contributed by atoms with E-state index in [0.717, 1.165) is 49.9 Å². The van der Waals surface area contributed by atoms with Crippen molar-refractivity contribution in [1.82, 2.24) is 10.2 Å². The summed E-state index contributed by atoms with van der Waals surface area (Å²) in [5.41, 5.74) is 1.02. The molecule has 24 heavy (non-hydrogen) atoms. The summed E-state index contributed by atoms with van der Waals surface area (Å²) in [6.07, 6.45) is 0.436. The van der Waals surface area contributed by atoms with Crippen LogP contribution in [0.15, 0.2) is 18.2 Å². The van der Waals surface area contributed by atoms with Gasteiger partial charge in [-0.15, -0.1) is 0 Å². The maximum atomic E-state index is 12.2. The Morgan fingerprint density at radius 2 is 2.04 bits per heavy atom. The van der Waals surface area contributed by atoms with Gasteiger partial charge in [-0.2, -0.15) is 0 Å². The summed E-state index contributed by atoms with van der Waals surface area (Å²) >= 11 is 0. The summed E-state index contributed by atoms with van der Waals surface area (Å²) in [5.74, 6) is 1.64. The first-order valence-corrected chi connectivity index (χ1v) is 8.42. The second-order valence-electron chi connectivity index (χ2n) is 6.02. The molecule has 1 aliphatic heterocycles. The van der Waals surface area contributed by atoms with E-state index in [0.29, 0.717) is 13.0 Å². The monoisotopic (exact) mass is 336 g/mol. The molecular weight excluding hydrogens is 308 g/mol. The van der Waals surface area contributed by atoms with Gasteiger partial charge in [0.05, 0.1) is 27.4 Å². The van der Waals surface area contributed by atoms with Crippen LogP contribution in [-0.2, 0) is 9.53 Å². The number of hydrogen-bond acceptors (Lipinski definition) is 5. The van der Waals surface area contributed by atoms with Gasteiger partial charge in [-0.05, 0) is 17.5 Å². The molecule has 134 valence electrons. The molecule has 1 unspecified atom stereocenters. The van der Waals surface area contributed by atoms with Gasteiger partial charge in [0.15, 0.2) is 0 Å². The average Bonchev–Trinajstić information content (AvgIpc) is 2.61. The lowest BCUT2D eigenvalue weighted by Gasteiger charge is -2.26. The van der Waals surface area contributed by atoms with E-state index < -0.39 is 0 Å². The normalized spacial score (nSPS) is 16.5. The molecule has 1 amide bonds. The van der Waals surface area contributed by atoms with Crippen LogP contribution >= 0.6 is 0 Å². The Kier molecular flexibility index (Phi) is 7.34. The summed E-state index contributed by atoms with van der Waals surface area (Å²) in [7, 11) is 3.26. The molecule has 0 aromatic heterocycles. The molecule has 1 fully saturated rings. The van der Waals surface area contributed by atoms with Crippen molar-refractivity contribution >= 4 is 5.91 Å². The van der Waals surface area contributed by atoms with Crippen LogP contribution in [0.4, 0.5) is 0 Å². The van der Waals surface area contributed by atoms with Crippen LogP contribution < -0.4 is 14.8 Å². The number of ether oxygens (including phenoxy) is 3. The van der Waals surface area contributed by atoms with Crippen molar-refractivity contribution < 1.29 is 19.0 Å². The van der Waals surface area contributed by atoms with E-state index in [-0.39, 0.29) is 11.8 Å². The Morgan fingerprint density at radius 3 is 2.71 bits per heavy atom. The van der Waals surface area contributed by atoms with E-state index in [2.05, 4.69) is 10.2 Å². The molecule has 1 saturated heterocycles. The fourth-order valence-corrected chi connectivity index (χ4v) is 2.86. The molecule has 1 heterocycles. The standard InChI is InChI=1S/C18H28N2O4/c1-14(16-5-4-15(22-2)13-17(16)23-3)12-18(21)19-6-7-20-8-10-24-11-9-20/h4-5,13-14H,6-12H2,1-3H3,(H,19,21). The molecule has 0 aliphatic carbocycles. The van der Waals surface area contributed by atoms with Gasteiger partial charge >= 0.3 is 0 Å². The highest BCUT2D eigenvalue weighted by Crippen LogP contribution is 2.32. The van der Waals surface area contributed by atoms with Crippen molar-refractivity contribution in [2.45, 2.75) is 19.3 Å². The molecule has 0 bridgehead atoms. The maximum absolute atomic E-state index is 12.2. The summed E-state index contributed by atoms with van der Waals surface area (Å²) in [5, 5.41) is 3.00. The Balaban J connectivity index is 1.80. The summed E-state index contributed by atoms with van der Waals surface area (Å²) in [6.45, 7) is 7.02. The van der Waals surface area contributed by atoms with Crippen molar-refractivity contribution in [3.63, 3.8) is 0 Å². The zero-order chi connectivity index (χ0) is 17.4. The number of benzene rings is 1. The number of rotatable bonds is 8. The zero-order valence-electron chi connectivity index (χ0n) is 14.8. The highest BCUT2D eigenvalue weighted by atomic mass is 16.5. The van der Waals surface area contributed by atoms with Gasteiger partial charge in [-0.25, -0.2) is 0 Å². The molecular formula is C18H28N2O4. The number of carbonyl (C=O) groups is 1. The molecule has 1 aromatic rings. The molecule has 6 nitrogen and oxygen atoms in total. The van der Waals surface area contributed by atoms with Crippen LogP contribution in [0.25, 0.3) is 0 Å². The first-order chi connectivity index (χ1) is 11.6. The first-order valence-electron chi connectivity index (χ1n) is 8.42. The van der Waals surface area contributed by atoms with Crippen molar-refractivity contribution in [3.8, 4) is 11.5 Å². The summed E-state index contributed by atoms with van der Waals surface area (Å²) < 4.78 is 15.9. The first kappa shape index (κ1) is 18.5. The van der Waals surface area contributed by atoms with Gasteiger partial charge in [-0.3, -0.25) is 9.69 Å². The molecule has 1 atom stereocenters. The minimum Gasteiger partial charge on any atom is -0.497 e. The molecule has 0 spiro atoms. The van der Waals surface area contributed by atoms with Gasteiger partial charge < -0.3 is 19.5 Å². The zero-order valence-corrected chi connectivity index (χ0v) is 14.8. The second kappa shape index (κ2) is 9.49. The number of carbonyl (C=O) groups excluding carboxylic acids is 1. The molecule has 1 aliphatic rings. The van der Waals surface area contributed by atoms with Crippen LogP contribution in [-0.4, -0.2) is 64.4 Å². The molecule has 1 aromatic carbocycles. The average molecular weight is 336 g/mol.